The van der Waals surface area contributed by atoms with Crippen molar-refractivity contribution in [1.29, 1.82) is 0 Å². The lowest BCUT2D eigenvalue weighted by Gasteiger charge is -2.43. The molecule has 224 valence electrons. The van der Waals surface area contributed by atoms with Crippen LogP contribution in [0.15, 0.2) is 55.6 Å². The quantitative estimate of drug-likeness (QED) is 0.144. The molecule has 41 heavy (non-hydrogen) atoms. The predicted octanol–water partition coefficient (Wildman–Crippen LogP) is 4.77. The minimum absolute atomic E-state index is 0.0469. The van der Waals surface area contributed by atoms with Crippen LogP contribution in [-0.4, -0.2) is 84.9 Å². The van der Waals surface area contributed by atoms with Crippen molar-refractivity contribution in [1.82, 2.24) is 9.80 Å². The monoisotopic (exact) mass is 646 g/mol. The number of rotatable bonds is 13. The molecule has 9 heteroatoms. The number of benzene rings is 1. The zero-order chi connectivity index (χ0) is 29.9. The van der Waals surface area contributed by atoms with E-state index < -0.39 is 34.2 Å². The molecule has 1 spiro atoms. The number of alkyl halides is 1. The van der Waals surface area contributed by atoms with Crippen LogP contribution in [0.5, 0.6) is 0 Å². The standard InChI is InChI=1S/C32H43BrN2O5S/c1-6-8-9-13-17-40-30(39)24-25-28(37)35(22(20-36)18-21-14-11-10-12-15-21)27(32(25)19-23(33)26(24)41-32)29(38)34(16-7-2)31(3,4)5/h6-7,10-12,14-15,22-27,36H,1-2,8-9,13,16-20H2,3-5H3/t22-,23?,24+,25+,26+,27?,32?/m1/s1. The molecule has 1 aromatic carbocycles. The van der Waals surface area contributed by atoms with Gasteiger partial charge < -0.3 is 19.6 Å². The minimum Gasteiger partial charge on any atom is -0.465 e. The summed E-state index contributed by atoms with van der Waals surface area (Å²) in [6, 6.07) is 8.23. The molecule has 2 amide bonds. The summed E-state index contributed by atoms with van der Waals surface area (Å²) < 4.78 is 4.93. The Morgan fingerprint density at radius 3 is 2.56 bits per heavy atom. The van der Waals surface area contributed by atoms with Crippen molar-refractivity contribution in [3.05, 3.63) is 61.2 Å². The van der Waals surface area contributed by atoms with Gasteiger partial charge in [-0.1, -0.05) is 58.4 Å². The third-order valence-corrected chi connectivity index (χ3v) is 11.8. The first-order valence-electron chi connectivity index (χ1n) is 14.5. The summed E-state index contributed by atoms with van der Waals surface area (Å²) in [5, 5.41) is 10.5. The van der Waals surface area contributed by atoms with Gasteiger partial charge in [0.1, 0.15) is 6.04 Å². The highest BCUT2D eigenvalue weighted by Crippen LogP contribution is 2.68. The van der Waals surface area contributed by atoms with Crippen molar-refractivity contribution in [3.63, 3.8) is 0 Å². The van der Waals surface area contributed by atoms with Gasteiger partial charge in [0.15, 0.2) is 0 Å². The van der Waals surface area contributed by atoms with Gasteiger partial charge in [-0.3, -0.25) is 14.4 Å². The summed E-state index contributed by atoms with van der Waals surface area (Å²) in [6.07, 6.45) is 6.97. The fourth-order valence-electron chi connectivity index (χ4n) is 6.78. The van der Waals surface area contributed by atoms with E-state index in [4.69, 9.17) is 4.74 Å². The molecule has 4 rings (SSSR count). The first kappa shape index (κ1) is 31.8. The maximum Gasteiger partial charge on any atom is 0.310 e. The van der Waals surface area contributed by atoms with Crippen molar-refractivity contribution < 1.29 is 24.2 Å². The Hall–Kier alpha value is -2.10. The van der Waals surface area contributed by atoms with E-state index in [2.05, 4.69) is 29.1 Å². The lowest BCUT2D eigenvalue weighted by Crippen LogP contribution is -2.61. The van der Waals surface area contributed by atoms with Gasteiger partial charge in [-0.15, -0.1) is 24.9 Å². The van der Waals surface area contributed by atoms with Crippen molar-refractivity contribution in [2.75, 3.05) is 19.8 Å². The molecule has 3 aliphatic rings. The van der Waals surface area contributed by atoms with E-state index in [1.54, 1.807) is 27.6 Å². The van der Waals surface area contributed by atoms with E-state index >= 15 is 0 Å². The van der Waals surface area contributed by atoms with Crippen LogP contribution in [0, 0.1) is 11.8 Å². The van der Waals surface area contributed by atoms with E-state index in [1.807, 2.05) is 57.2 Å². The number of allylic oxidation sites excluding steroid dienone is 1. The van der Waals surface area contributed by atoms with Gasteiger partial charge in [0.25, 0.3) is 0 Å². The smallest absolute Gasteiger partial charge is 0.310 e. The van der Waals surface area contributed by atoms with Crippen LogP contribution in [-0.2, 0) is 25.5 Å². The number of thioether (sulfide) groups is 1. The van der Waals surface area contributed by atoms with Gasteiger partial charge in [-0.25, -0.2) is 0 Å². The van der Waals surface area contributed by atoms with Gasteiger partial charge in [-0.05, 0) is 58.4 Å². The second-order valence-corrected chi connectivity index (χ2v) is 15.0. The third-order valence-electron chi connectivity index (χ3n) is 8.59. The Labute approximate surface area is 256 Å². The Morgan fingerprint density at radius 1 is 1.24 bits per heavy atom. The number of hydrogen-bond acceptors (Lipinski definition) is 6. The molecule has 0 saturated carbocycles. The number of nitrogens with zero attached hydrogens (tertiary/aromatic N) is 2. The SMILES string of the molecule is C=CCCCCOC(=O)[C@H]1[C@H]2C(=O)N([C@@H](CO)Cc3ccccc3)C(C(=O)N(CC=C)C(C)(C)C)C23CC(Br)[C@@H]1S3. The highest BCUT2D eigenvalue weighted by molar-refractivity contribution is 9.09. The number of likely N-dealkylation sites (tertiary alicyclic amines) is 1. The number of halogens is 1. The summed E-state index contributed by atoms with van der Waals surface area (Å²) >= 11 is 5.40. The second-order valence-electron chi connectivity index (χ2n) is 12.3. The first-order chi connectivity index (χ1) is 19.5. The molecular formula is C32H43BrN2O5S. The molecule has 1 N–H and O–H groups in total. The van der Waals surface area contributed by atoms with Crippen molar-refractivity contribution in [2.24, 2.45) is 11.8 Å². The average molecular weight is 648 g/mol. The van der Waals surface area contributed by atoms with Crippen LogP contribution in [0.2, 0.25) is 0 Å². The lowest BCUT2D eigenvalue weighted by molar-refractivity contribution is -0.154. The van der Waals surface area contributed by atoms with Crippen LogP contribution in [0.4, 0.5) is 0 Å². The van der Waals surface area contributed by atoms with Crippen LogP contribution in [0.3, 0.4) is 0 Å². The summed E-state index contributed by atoms with van der Waals surface area (Å²) in [4.78, 5) is 46.1. The van der Waals surface area contributed by atoms with Gasteiger partial charge in [0.05, 0.1) is 35.8 Å². The lowest BCUT2D eigenvalue weighted by atomic mass is 9.71. The fraction of sp³-hybridized carbons (Fsp3) is 0.594. The molecule has 1 aromatic rings. The summed E-state index contributed by atoms with van der Waals surface area (Å²) in [6.45, 7) is 13.8. The second kappa shape index (κ2) is 13.0. The Kier molecular flexibility index (Phi) is 10.1. The molecule has 7 nitrogen and oxygen atoms in total. The Morgan fingerprint density at radius 2 is 1.95 bits per heavy atom. The van der Waals surface area contributed by atoms with Crippen molar-refractivity contribution in [3.8, 4) is 0 Å². The van der Waals surface area contributed by atoms with Gasteiger partial charge >= 0.3 is 5.97 Å². The third kappa shape index (κ3) is 6.04. The molecule has 3 unspecified atom stereocenters. The van der Waals surface area contributed by atoms with Crippen molar-refractivity contribution >= 4 is 45.5 Å². The fourth-order valence-corrected chi connectivity index (χ4v) is 10.4. The van der Waals surface area contributed by atoms with Crippen LogP contribution < -0.4 is 0 Å². The maximum atomic E-state index is 14.6. The Balaban J connectivity index is 1.75. The van der Waals surface area contributed by atoms with E-state index in [-0.39, 0.29) is 41.1 Å². The van der Waals surface area contributed by atoms with Crippen molar-refractivity contribution in [2.45, 2.75) is 85.3 Å². The highest BCUT2D eigenvalue weighted by Gasteiger charge is 2.76. The number of esters is 1. The number of ether oxygens (including phenoxy) is 1. The topological polar surface area (TPSA) is 87.1 Å². The first-order valence-corrected chi connectivity index (χ1v) is 16.3. The molecule has 0 aliphatic carbocycles. The minimum atomic E-state index is -0.833. The summed E-state index contributed by atoms with van der Waals surface area (Å²) in [7, 11) is 0. The van der Waals surface area contributed by atoms with E-state index in [1.165, 1.54) is 0 Å². The van der Waals surface area contributed by atoms with Crippen LogP contribution >= 0.6 is 27.7 Å². The van der Waals surface area contributed by atoms with Crippen LogP contribution in [0.1, 0.15) is 52.0 Å². The molecule has 2 bridgehead atoms. The number of aliphatic hydroxyl groups is 1. The number of aliphatic hydroxyl groups excluding tert-OH is 1. The maximum absolute atomic E-state index is 14.6. The van der Waals surface area contributed by atoms with Gasteiger partial charge in [0.2, 0.25) is 11.8 Å². The normalized spacial score (nSPS) is 29.2. The number of carbonyl (C=O) groups excluding carboxylic acids is 3. The number of unbranched alkanes of at least 4 members (excludes halogenated alkanes) is 2. The summed E-state index contributed by atoms with van der Waals surface area (Å²) in [5.74, 6) is -2.15. The molecular weight excluding hydrogens is 604 g/mol. The predicted molar refractivity (Wildman–Crippen MR) is 167 cm³/mol. The molecule has 3 aliphatic heterocycles. The molecule has 3 fully saturated rings. The number of amides is 2. The average Bonchev–Trinajstić information content (AvgIpc) is 3.53. The number of fused-ring (bicyclic) bond motifs is 1. The van der Waals surface area contributed by atoms with E-state index in [0.717, 1.165) is 24.8 Å². The van der Waals surface area contributed by atoms with Crippen LogP contribution in [0.25, 0.3) is 0 Å². The molecule has 3 heterocycles. The molecule has 7 atom stereocenters. The number of hydrogen-bond donors (Lipinski definition) is 1. The molecule has 3 saturated heterocycles. The largest absolute Gasteiger partial charge is 0.465 e. The zero-order valence-corrected chi connectivity index (χ0v) is 26.7. The van der Waals surface area contributed by atoms with E-state index in [0.29, 0.717) is 19.4 Å². The van der Waals surface area contributed by atoms with Gasteiger partial charge in [-0.2, -0.15) is 0 Å². The number of carbonyl (C=O) groups is 3. The Bertz CT molecular complexity index is 1140. The van der Waals surface area contributed by atoms with E-state index in [9.17, 15) is 19.5 Å². The summed E-state index contributed by atoms with van der Waals surface area (Å²) in [5.41, 5.74) is 0.437. The van der Waals surface area contributed by atoms with Gasteiger partial charge in [0, 0.05) is 22.2 Å². The zero-order valence-electron chi connectivity index (χ0n) is 24.3. The highest BCUT2D eigenvalue weighted by atomic mass is 79.9. The molecule has 0 aromatic heterocycles. The molecule has 0 radical (unpaired) electrons.